The average molecular weight is 644 g/mol. The molecule has 3 aromatic rings. The molecule has 1 heterocycles. The molecule has 0 aromatic heterocycles. The van der Waals surface area contributed by atoms with E-state index in [0.29, 0.717) is 34.2 Å². The third-order valence-electron chi connectivity index (χ3n) is 11.1. The lowest BCUT2D eigenvalue weighted by atomic mass is 9.44. The van der Waals surface area contributed by atoms with Crippen molar-refractivity contribution in [3.05, 3.63) is 118 Å². The van der Waals surface area contributed by atoms with Crippen molar-refractivity contribution in [3.63, 3.8) is 0 Å². The van der Waals surface area contributed by atoms with Gasteiger partial charge in [-0.1, -0.05) is 84.4 Å². The maximum atomic E-state index is 15.1. The van der Waals surface area contributed by atoms with Gasteiger partial charge in [0.1, 0.15) is 5.75 Å². The Bertz CT molecular complexity index is 1900. The van der Waals surface area contributed by atoms with E-state index in [0.717, 1.165) is 11.1 Å². The number of phenols is 1. The lowest BCUT2D eigenvalue weighted by Crippen LogP contribution is -2.58. The summed E-state index contributed by atoms with van der Waals surface area (Å²) in [5, 5.41) is 20.0. The zero-order valence-corrected chi connectivity index (χ0v) is 26.9. The van der Waals surface area contributed by atoms with Gasteiger partial charge in [0.25, 0.3) is 0 Å². The number of carbonyl (C=O) groups excluding carboxylic acids is 4. The van der Waals surface area contributed by atoms with Crippen LogP contribution in [0.15, 0.2) is 90.5 Å². The molecule has 48 heavy (non-hydrogen) atoms. The molecule has 2 N–H and O–H groups in total. The van der Waals surface area contributed by atoms with Crippen LogP contribution < -0.4 is 0 Å². The highest BCUT2D eigenvalue weighted by Crippen LogP contribution is 2.63. The lowest BCUT2D eigenvalue weighted by Gasteiger charge is -2.55. The Morgan fingerprint density at radius 3 is 2.19 bits per heavy atom. The van der Waals surface area contributed by atoms with Crippen LogP contribution in [0.25, 0.3) is 5.57 Å². The summed E-state index contributed by atoms with van der Waals surface area (Å²) in [6.07, 6.45) is 4.00. The molecule has 2 amide bonds. The molecule has 7 rings (SSSR count). The fourth-order valence-electron chi connectivity index (χ4n) is 9.08. The van der Waals surface area contributed by atoms with Gasteiger partial charge in [-0.15, -0.1) is 0 Å². The third kappa shape index (κ3) is 4.68. The Morgan fingerprint density at radius 1 is 0.896 bits per heavy atom. The predicted octanol–water partition coefficient (Wildman–Crippen LogP) is 5.70. The zero-order chi connectivity index (χ0) is 33.9. The van der Waals surface area contributed by atoms with E-state index in [1.807, 2.05) is 78.9 Å². The van der Waals surface area contributed by atoms with E-state index in [4.69, 9.17) is 0 Å². The van der Waals surface area contributed by atoms with Crippen molar-refractivity contribution in [2.75, 3.05) is 6.54 Å². The number of fused-ring (bicyclic) bond motifs is 4. The summed E-state index contributed by atoms with van der Waals surface area (Å²) in [5.41, 5.74) is 3.22. The number of Topliss-reactive ketones (excluding diaryl/α,β-unsaturated/α-hetero) is 1. The highest BCUT2D eigenvalue weighted by molar-refractivity contribution is 6.31. The summed E-state index contributed by atoms with van der Waals surface area (Å²) in [6, 6.07) is 22.3. The fourth-order valence-corrected chi connectivity index (χ4v) is 9.08. The summed E-state index contributed by atoms with van der Waals surface area (Å²) in [5.74, 6) is -5.24. The molecule has 3 aliphatic carbocycles. The number of aromatic hydroxyl groups is 1. The number of aliphatic carboxylic acids is 1. The van der Waals surface area contributed by atoms with Gasteiger partial charge < -0.3 is 10.2 Å². The van der Waals surface area contributed by atoms with Gasteiger partial charge in [0.15, 0.2) is 11.6 Å². The number of amides is 2. The minimum atomic E-state index is -1.34. The van der Waals surface area contributed by atoms with Crippen molar-refractivity contribution in [3.8, 4) is 5.75 Å². The molecule has 8 heteroatoms. The monoisotopic (exact) mass is 643 g/mol. The summed E-state index contributed by atoms with van der Waals surface area (Å²) in [7, 11) is 0. The van der Waals surface area contributed by atoms with Crippen molar-refractivity contribution >= 4 is 34.9 Å². The Labute approximate surface area is 278 Å². The van der Waals surface area contributed by atoms with Crippen LogP contribution in [-0.4, -0.2) is 51.0 Å². The first-order valence-electron chi connectivity index (χ1n) is 16.5. The predicted molar refractivity (Wildman–Crippen MR) is 178 cm³/mol. The molecule has 244 valence electrons. The number of hydrogen-bond donors (Lipinski definition) is 2. The maximum absolute atomic E-state index is 15.1. The molecular formula is C40H37NO7. The van der Waals surface area contributed by atoms with Gasteiger partial charge in [0.2, 0.25) is 11.8 Å². The number of nitrogens with zero attached hydrogens (tertiary/aromatic N) is 1. The van der Waals surface area contributed by atoms with Crippen LogP contribution in [0.3, 0.4) is 0 Å². The van der Waals surface area contributed by atoms with E-state index in [1.54, 1.807) is 13.8 Å². The number of ketones is 2. The summed E-state index contributed by atoms with van der Waals surface area (Å²) in [6.45, 7) is 3.63. The van der Waals surface area contributed by atoms with Crippen molar-refractivity contribution in [2.45, 2.75) is 50.9 Å². The van der Waals surface area contributed by atoms with E-state index in [-0.39, 0.29) is 54.9 Å². The summed E-state index contributed by atoms with van der Waals surface area (Å²) in [4.78, 5) is 70.2. The molecule has 1 saturated heterocycles. The van der Waals surface area contributed by atoms with E-state index in [1.165, 1.54) is 11.0 Å². The number of phenolic OH excluding ortho intramolecular Hbond substituents is 1. The second-order valence-electron chi connectivity index (χ2n) is 13.6. The summed E-state index contributed by atoms with van der Waals surface area (Å²) >= 11 is 0. The molecular weight excluding hydrogens is 606 g/mol. The van der Waals surface area contributed by atoms with Crippen LogP contribution in [-0.2, 0) is 29.4 Å². The third-order valence-corrected chi connectivity index (χ3v) is 11.1. The standard InChI is InChI=1S/C40H37NO7/c1-22-18-25(19-23(2)36(22)45)35-27-15-16-28-34(39(48)41(38(28)47)17-9-14-33(43)44)30(27)20-31-37(46)29(24-10-5-3-6-11-24)21-32(42)40(31,35)26-12-7-4-8-13-26/h3-8,10-13,15,18-19,21,28,30-31,34-35,45H,9,14,16-17,20H2,1-2H3,(H,43,44)/t28-,30+,31-,34-,35-,40-/m0/s1. The normalized spacial score (nSPS) is 28.0. The number of imide groups is 1. The van der Waals surface area contributed by atoms with Crippen LogP contribution in [0.2, 0.25) is 0 Å². The molecule has 2 fully saturated rings. The molecule has 0 radical (unpaired) electrons. The molecule has 0 bridgehead atoms. The van der Waals surface area contributed by atoms with Gasteiger partial charge in [0.05, 0.1) is 17.3 Å². The Kier molecular flexibility index (Phi) is 7.77. The lowest BCUT2D eigenvalue weighted by molar-refractivity contribution is -0.142. The van der Waals surface area contributed by atoms with E-state index in [9.17, 15) is 29.4 Å². The van der Waals surface area contributed by atoms with Crippen LogP contribution >= 0.6 is 0 Å². The first-order chi connectivity index (χ1) is 23.0. The minimum absolute atomic E-state index is 0.0223. The molecule has 1 saturated carbocycles. The number of allylic oxidation sites excluding steroid dienone is 4. The number of carboxylic acid groups (broad SMARTS) is 1. The SMILES string of the molecule is Cc1cc([C@H]2C3=CC[C@@H]4C(=O)N(CCCC(=O)O)C(=O)[C@@H]4[C@@H]3C[C@H]3C(=O)C(c4ccccc4)=CC(=O)[C@@]23c2ccccc2)cc(C)c1O. The number of aryl methyl sites for hydroxylation is 2. The van der Waals surface area contributed by atoms with Crippen LogP contribution in [0, 0.1) is 37.5 Å². The van der Waals surface area contributed by atoms with Gasteiger partial charge in [0, 0.05) is 30.4 Å². The molecule has 4 aliphatic rings. The highest BCUT2D eigenvalue weighted by atomic mass is 16.4. The number of rotatable bonds is 7. The van der Waals surface area contributed by atoms with Crippen molar-refractivity contribution in [1.82, 2.24) is 4.90 Å². The van der Waals surface area contributed by atoms with Gasteiger partial charge in [-0.2, -0.15) is 0 Å². The quantitative estimate of drug-likeness (QED) is 0.250. The minimum Gasteiger partial charge on any atom is -0.507 e. The Morgan fingerprint density at radius 2 is 1.54 bits per heavy atom. The number of carbonyl (C=O) groups is 5. The smallest absolute Gasteiger partial charge is 0.303 e. The van der Waals surface area contributed by atoms with Crippen LogP contribution in [0.5, 0.6) is 5.75 Å². The number of likely N-dealkylation sites (tertiary alicyclic amines) is 1. The first-order valence-corrected chi connectivity index (χ1v) is 16.5. The van der Waals surface area contributed by atoms with Crippen molar-refractivity contribution in [1.29, 1.82) is 0 Å². The first kappa shape index (κ1) is 31.5. The fraction of sp³-hybridized carbons (Fsp3) is 0.325. The van der Waals surface area contributed by atoms with Gasteiger partial charge in [-0.3, -0.25) is 28.9 Å². The Hall–Kier alpha value is -5.11. The zero-order valence-electron chi connectivity index (χ0n) is 26.9. The molecule has 3 aromatic carbocycles. The molecule has 0 unspecified atom stereocenters. The number of benzene rings is 3. The van der Waals surface area contributed by atoms with Crippen LogP contribution in [0.4, 0.5) is 0 Å². The molecule has 6 atom stereocenters. The molecule has 0 spiro atoms. The largest absolute Gasteiger partial charge is 0.507 e. The maximum Gasteiger partial charge on any atom is 0.303 e. The van der Waals surface area contributed by atoms with Gasteiger partial charge in [-0.25, -0.2) is 0 Å². The Balaban J connectivity index is 1.45. The van der Waals surface area contributed by atoms with Gasteiger partial charge >= 0.3 is 5.97 Å². The molecule has 8 nitrogen and oxygen atoms in total. The second-order valence-corrected chi connectivity index (χ2v) is 13.6. The molecule has 1 aliphatic heterocycles. The van der Waals surface area contributed by atoms with E-state index >= 15 is 4.79 Å². The van der Waals surface area contributed by atoms with Crippen molar-refractivity contribution in [2.24, 2.45) is 23.7 Å². The van der Waals surface area contributed by atoms with Crippen LogP contribution in [0.1, 0.15) is 59.4 Å². The summed E-state index contributed by atoms with van der Waals surface area (Å²) < 4.78 is 0. The topological polar surface area (TPSA) is 129 Å². The average Bonchev–Trinajstić information content (AvgIpc) is 3.33. The highest BCUT2D eigenvalue weighted by Gasteiger charge is 2.65. The number of hydrogen-bond acceptors (Lipinski definition) is 6. The second kappa shape index (κ2) is 11.8. The van der Waals surface area contributed by atoms with Crippen molar-refractivity contribution < 1.29 is 34.2 Å². The van der Waals surface area contributed by atoms with Gasteiger partial charge in [-0.05, 0) is 72.9 Å². The van der Waals surface area contributed by atoms with E-state index < -0.39 is 41.0 Å². The van der Waals surface area contributed by atoms with E-state index in [2.05, 4.69) is 0 Å². The number of carboxylic acids is 1.